The van der Waals surface area contributed by atoms with Gasteiger partial charge < -0.3 is 9.72 Å². The van der Waals surface area contributed by atoms with Crippen LogP contribution >= 0.6 is 12.6 Å². The number of aromatic amines is 1. The van der Waals surface area contributed by atoms with E-state index in [2.05, 4.69) is 22.3 Å². The van der Waals surface area contributed by atoms with Crippen molar-refractivity contribution in [3.63, 3.8) is 0 Å². The first-order chi connectivity index (χ1) is 15.2. The predicted octanol–water partition coefficient (Wildman–Crippen LogP) is 4.79. The number of H-pyrrole nitrogens is 1. The van der Waals surface area contributed by atoms with Crippen LogP contribution in [-0.4, -0.2) is 17.2 Å². The number of carbonyl (C=O) groups excluding carboxylic acids is 1. The lowest BCUT2D eigenvalue weighted by Gasteiger charge is -2.11. The van der Waals surface area contributed by atoms with Crippen LogP contribution in [0.2, 0.25) is 0 Å². The van der Waals surface area contributed by atoms with Crippen molar-refractivity contribution in [1.82, 2.24) is 4.98 Å². The van der Waals surface area contributed by atoms with Gasteiger partial charge in [0.2, 0.25) is 34.8 Å². The number of pyridine rings is 1. The number of halogens is 6. The van der Waals surface area contributed by atoms with Crippen LogP contribution in [0.4, 0.5) is 26.3 Å². The molecular formula is C21H13F6NO3S. The zero-order valence-electron chi connectivity index (χ0n) is 16.2. The van der Waals surface area contributed by atoms with E-state index >= 15 is 0 Å². The van der Waals surface area contributed by atoms with Crippen molar-refractivity contribution >= 4 is 29.5 Å². The molecule has 0 saturated heterocycles. The number of hydrogen-bond donors (Lipinski definition) is 2. The summed E-state index contributed by atoms with van der Waals surface area (Å²) < 4.78 is 86.2. The van der Waals surface area contributed by atoms with Crippen LogP contribution in [0.5, 0.6) is 5.75 Å². The zero-order valence-corrected chi connectivity index (χ0v) is 17.1. The molecule has 0 bridgehead atoms. The summed E-state index contributed by atoms with van der Waals surface area (Å²) >= 11 is 3.53. The first-order valence-electron chi connectivity index (χ1n) is 9.20. The minimum Gasteiger partial charge on any atom is -0.416 e. The number of benzene rings is 2. The molecule has 1 N–H and O–H groups in total. The Morgan fingerprint density at radius 1 is 0.969 bits per heavy atom. The fraction of sp³-hybridized carbons (Fsp3) is 0.238. The molecule has 0 radical (unpaired) electrons. The molecule has 5 rings (SSSR count). The molecule has 1 heterocycles. The molecule has 1 aromatic heterocycles. The summed E-state index contributed by atoms with van der Waals surface area (Å²) in [6.07, 6.45) is 3.43. The van der Waals surface area contributed by atoms with Crippen molar-refractivity contribution in [3.8, 4) is 5.75 Å². The summed E-state index contributed by atoms with van der Waals surface area (Å²) in [5.41, 5.74) is -1.82. The molecule has 168 valence electrons. The molecule has 0 spiro atoms. The minimum absolute atomic E-state index is 0.0921. The highest BCUT2D eigenvalue weighted by atomic mass is 32.1. The van der Waals surface area contributed by atoms with Crippen LogP contribution in [0.15, 0.2) is 23.0 Å². The van der Waals surface area contributed by atoms with Gasteiger partial charge in [0, 0.05) is 10.8 Å². The highest BCUT2D eigenvalue weighted by Crippen LogP contribution is 2.75. The van der Waals surface area contributed by atoms with Crippen LogP contribution < -0.4 is 10.3 Å². The maximum absolute atomic E-state index is 14.8. The van der Waals surface area contributed by atoms with Crippen LogP contribution in [0.1, 0.15) is 28.8 Å². The number of carbonyl (C=O) groups is 1. The molecule has 3 aromatic rings. The standard InChI is InChI=1S/C20H9F6NO3.CH4S/c21-10-9(20-4-7(20)5-20)2-1-6-3-8(18(28)27-16(6)10)19(29)30-17-14(25)12(23)11(22)13(24)15(17)26;1-2/h1-3,7H,4-5H2,(H,27,28);2H,1H3. The van der Waals surface area contributed by atoms with Crippen molar-refractivity contribution < 1.29 is 35.9 Å². The van der Waals surface area contributed by atoms with E-state index in [1.165, 1.54) is 12.1 Å². The van der Waals surface area contributed by atoms with Gasteiger partial charge in [-0.25, -0.2) is 22.4 Å². The van der Waals surface area contributed by atoms with Gasteiger partial charge in [0.05, 0.1) is 5.52 Å². The molecule has 2 aromatic carbocycles. The molecule has 2 saturated carbocycles. The summed E-state index contributed by atoms with van der Waals surface area (Å²) in [4.78, 5) is 26.6. The van der Waals surface area contributed by atoms with E-state index in [1.807, 2.05) is 0 Å². The van der Waals surface area contributed by atoms with E-state index in [-0.39, 0.29) is 16.3 Å². The third-order valence-corrected chi connectivity index (χ3v) is 5.76. The monoisotopic (exact) mass is 473 g/mol. The van der Waals surface area contributed by atoms with E-state index < -0.39 is 57.7 Å². The van der Waals surface area contributed by atoms with Crippen LogP contribution in [0.3, 0.4) is 0 Å². The SMILES string of the molecule is CS.O=C(Oc1c(F)c(F)c(F)c(F)c1F)c1cc2ccc(C34CC3C4)c(F)c2[nH]c1=O. The van der Waals surface area contributed by atoms with E-state index in [9.17, 15) is 35.9 Å². The highest BCUT2D eigenvalue weighted by molar-refractivity contribution is 7.79. The van der Waals surface area contributed by atoms with E-state index in [1.54, 1.807) is 6.26 Å². The number of nitrogens with one attached hydrogen (secondary N) is 1. The predicted molar refractivity (Wildman–Crippen MR) is 105 cm³/mol. The van der Waals surface area contributed by atoms with Crippen molar-refractivity contribution in [1.29, 1.82) is 0 Å². The molecule has 2 aliphatic carbocycles. The van der Waals surface area contributed by atoms with E-state index in [4.69, 9.17) is 0 Å². The van der Waals surface area contributed by atoms with Gasteiger partial charge in [-0.15, -0.1) is 0 Å². The molecule has 32 heavy (non-hydrogen) atoms. The number of aromatic nitrogens is 1. The fourth-order valence-corrected chi connectivity index (χ4v) is 3.74. The lowest BCUT2D eigenvalue weighted by atomic mass is 10.00. The number of esters is 1. The Morgan fingerprint density at radius 2 is 1.50 bits per heavy atom. The molecule has 0 atom stereocenters. The molecular weight excluding hydrogens is 460 g/mol. The third kappa shape index (κ3) is 3.17. The Kier molecular flexibility index (Phi) is 5.27. The molecule has 0 aliphatic heterocycles. The maximum atomic E-state index is 14.8. The molecule has 4 nitrogen and oxygen atoms in total. The molecule has 0 amide bonds. The second-order valence-corrected chi connectivity index (χ2v) is 7.45. The summed E-state index contributed by atoms with van der Waals surface area (Å²) in [5, 5.41) is 0.0921. The van der Waals surface area contributed by atoms with Crippen molar-refractivity contribution in [3.05, 3.63) is 74.6 Å². The largest absolute Gasteiger partial charge is 0.416 e. The average Bonchev–Trinajstić information content (AvgIpc) is 3.66. The molecule has 0 unspecified atom stereocenters. The zero-order chi connectivity index (χ0) is 23.5. The highest BCUT2D eigenvalue weighted by Gasteiger charge is 2.71. The fourth-order valence-electron chi connectivity index (χ4n) is 3.74. The van der Waals surface area contributed by atoms with Gasteiger partial charge >= 0.3 is 5.97 Å². The lowest BCUT2D eigenvalue weighted by molar-refractivity contribution is 0.0714. The smallest absolute Gasteiger partial charge is 0.349 e. The minimum atomic E-state index is -2.42. The molecule has 2 fully saturated rings. The number of hydrogen-bond acceptors (Lipinski definition) is 4. The van der Waals surface area contributed by atoms with Crippen molar-refractivity contribution in [2.24, 2.45) is 5.92 Å². The number of ether oxygens (including phenoxy) is 1. The number of thiol groups is 1. The molecule has 11 heteroatoms. The molecule has 2 aliphatic rings. The van der Waals surface area contributed by atoms with Gasteiger partial charge in [0.25, 0.3) is 5.56 Å². The first kappa shape index (κ1) is 22.3. The topological polar surface area (TPSA) is 59.2 Å². The van der Waals surface area contributed by atoms with Gasteiger partial charge in [0.1, 0.15) is 5.56 Å². The normalized spacial score (nSPS) is 20.3. The average molecular weight is 473 g/mol. The summed E-state index contributed by atoms with van der Waals surface area (Å²) in [6.45, 7) is 0. The van der Waals surface area contributed by atoms with Crippen molar-refractivity contribution in [2.75, 3.05) is 6.26 Å². The second kappa shape index (κ2) is 7.58. The maximum Gasteiger partial charge on any atom is 0.349 e. The van der Waals surface area contributed by atoms with E-state index in [0.717, 1.165) is 18.9 Å². The summed E-state index contributed by atoms with van der Waals surface area (Å²) in [6, 6.07) is 3.91. The number of fused-ring (bicyclic) bond motifs is 2. The van der Waals surface area contributed by atoms with Crippen LogP contribution in [-0.2, 0) is 5.41 Å². The first-order valence-corrected chi connectivity index (χ1v) is 10.1. The summed E-state index contributed by atoms with van der Waals surface area (Å²) in [5.74, 6) is -15.5. The Bertz CT molecular complexity index is 1320. The Labute approximate surface area is 181 Å². The Morgan fingerprint density at radius 3 is 2.03 bits per heavy atom. The van der Waals surface area contributed by atoms with Gasteiger partial charge in [-0.2, -0.15) is 21.4 Å². The third-order valence-electron chi connectivity index (χ3n) is 5.76. The van der Waals surface area contributed by atoms with E-state index in [0.29, 0.717) is 11.5 Å². The number of rotatable bonds is 3. The Balaban J connectivity index is 0.00000119. The van der Waals surface area contributed by atoms with Gasteiger partial charge in [-0.1, -0.05) is 12.1 Å². The Hall–Kier alpha value is -2.95. The van der Waals surface area contributed by atoms with Gasteiger partial charge in [-0.05, 0) is 36.6 Å². The van der Waals surface area contributed by atoms with Crippen LogP contribution in [0.25, 0.3) is 10.9 Å². The second-order valence-electron chi connectivity index (χ2n) is 7.45. The quantitative estimate of drug-likeness (QED) is 0.144. The van der Waals surface area contributed by atoms with Crippen molar-refractivity contribution in [2.45, 2.75) is 18.3 Å². The van der Waals surface area contributed by atoms with Gasteiger partial charge in [-0.3, -0.25) is 4.79 Å². The van der Waals surface area contributed by atoms with Gasteiger partial charge in [0.15, 0.2) is 5.82 Å². The summed E-state index contributed by atoms with van der Waals surface area (Å²) in [7, 11) is 0. The van der Waals surface area contributed by atoms with Crippen LogP contribution in [0, 0.1) is 40.8 Å². The lowest BCUT2D eigenvalue weighted by Crippen LogP contribution is -2.23.